The molecule has 1 aromatic carbocycles. The van der Waals surface area contributed by atoms with E-state index in [-0.39, 0.29) is 30.0 Å². The number of carbonyl (C=O) groups is 1. The lowest BCUT2D eigenvalue weighted by atomic mass is 9.99. The van der Waals surface area contributed by atoms with E-state index in [1.165, 1.54) is 12.1 Å². The quantitative estimate of drug-likeness (QED) is 0.874. The molecule has 0 aromatic heterocycles. The minimum atomic E-state index is -0.562. The first-order valence-corrected chi connectivity index (χ1v) is 5.36. The molecule has 0 saturated heterocycles. The third-order valence-electron chi connectivity index (χ3n) is 2.65. The first kappa shape index (κ1) is 15.9. The second kappa shape index (κ2) is 7.25. The molecule has 1 rings (SSSR count). The van der Waals surface area contributed by atoms with E-state index in [0.29, 0.717) is 5.69 Å². The van der Waals surface area contributed by atoms with E-state index >= 15 is 0 Å². The number of hydrogen-bond acceptors (Lipinski definition) is 2. The predicted molar refractivity (Wildman–Crippen MR) is 69.7 cm³/mol. The molecule has 0 saturated carbocycles. The normalized spacial score (nSPS) is 13.4. The van der Waals surface area contributed by atoms with Crippen LogP contribution >= 0.6 is 12.4 Å². The fraction of sp³-hybridized carbons (Fsp3) is 0.417. The van der Waals surface area contributed by atoms with Gasteiger partial charge in [-0.3, -0.25) is 4.79 Å². The predicted octanol–water partition coefficient (Wildman–Crippen LogP) is 2.56. The highest BCUT2D eigenvalue weighted by Gasteiger charge is 2.19. The van der Waals surface area contributed by atoms with Gasteiger partial charge in [-0.05, 0) is 24.1 Å². The van der Waals surface area contributed by atoms with Crippen LogP contribution in [0.25, 0.3) is 0 Å². The van der Waals surface area contributed by atoms with Crippen molar-refractivity contribution >= 4 is 24.0 Å². The molecule has 2 unspecified atom stereocenters. The second-order valence-electron chi connectivity index (χ2n) is 3.91. The van der Waals surface area contributed by atoms with E-state index in [1.54, 1.807) is 12.1 Å². The van der Waals surface area contributed by atoms with Gasteiger partial charge in [-0.15, -0.1) is 12.4 Å². The van der Waals surface area contributed by atoms with Crippen LogP contribution < -0.4 is 11.1 Å². The second-order valence-corrected chi connectivity index (χ2v) is 3.91. The highest BCUT2D eigenvalue weighted by Crippen LogP contribution is 2.11. The van der Waals surface area contributed by atoms with E-state index in [0.717, 1.165) is 6.42 Å². The number of amides is 1. The molecule has 0 radical (unpaired) electrons. The lowest BCUT2D eigenvalue weighted by Gasteiger charge is -2.17. The van der Waals surface area contributed by atoms with Gasteiger partial charge >= 0.3 is 0 Å². The first-order chi connectivity index (χ1) is 7.54. The van der Waals surface area contributed by atoms with Crippen LogP contribution in [-0.4, -0.2) is 11.9 Å². The summed E-state index contributed by atoms with van der Waals surface area (Å²) in [6, 6.07) is 5.20. The Kier molecular flexibility index (Phi) is 6.76. The zero-order valence-corrected chi connectivity index (χ0v) is 10.8. The van der Waals surface area contributed by atoms with Gasteiger partial charge in [0.25, 0.3) is 0 Å². The van der Waals surface area contributed by atoms with Crippen molar-refractivity contribution in [2.45, 2.75) is 26.3 Å². The van der Waals surface area contributed by atoms with E-state index < -0.39 is 6.04 Å². The van der Waals surface area contributed by atoms with Crippen molar-refractivity contribution in [3.05, 3.63) is 30.1 Å². The van der Waals surface area contributed by atoms with Crippen molar-refractivity contribution in [2.75, 3.05) is 5.32 Å². The molecule has 1 aromatic rings. The first-order valence-electron chi connectivity index (χ1n) is 5.36. The van der Waals surface area contributed by atoms with Crippen molar-refractivity contribution in [1.82, 2.24) is 0 Å². The number of rotatable bonds is 4. The molecule has 0 aliphatic carbocycles. The Morgan fingerprint density at radius 3 is 2.71 bits per heavy atom. The Hall–Kier alpha value is -1.13. The summed E-state index contributed by atoms with van der Waals surface area (Å²) in [5, 5.41) is 2.59. The number of anilines is 1. The van der Waals surface area contributed by atoms with Crippen molar-refractivity contribution in [1.29, 1.82) is 0 Å². The van der Waals surface area contributed by atoms with Crippen LogP contribution in [0.2, 0.25) is 0 Å². The highest BCUT2D eigenvalue weighted by molar-refractivity contribution is 5.94. The lowest BCUT2D eigenvalue weighted by Crippen LogP contribution is -2.40. The minimum Gasteiger partial charge on any atom is -0.325 e. The molecule has 0 aliphatic heterocycles. The topological polar surface area (TPSA) is 55.1 Å². The molecular weight excluding hydrogens is 243 g/mol. The summed E-state index contributed by atoms with van der Waals surface area (Å²) in [4.78, 5) is 11.7. The molecule has 5 heteroatoms. The fourth-order valence-electron chi connectivity index (χ4n) is 1.30. The average molecular weight is 261 g/mol. The third-order valence-corrected chi connectivity index (χ3v) is 2.65. The molecule has 17 heavy (non-hydrogen) atoms. The van der Waals surface area contributed by atoms with Gasteiger partial charge in [-0.25, -0.2) is 4.39 Å². The van der Waals surface area contributed by atoms with Crippen LogP contribution in [0.1, 0.15) is 20.3 Å². The van der Waals surface area contributed by atoms with Crippen LogP contribution in [0.5, 0.6) is 0 Å². The minimum absolute atomic E-state index is 0. The number of carbonyl (C=O) groups excluding carboxylic acids is 1. The van der Waals surface area contributed by atoms with Crippen LogP contribution in [-0.2, 0) is 4.79 Å². The molecule has 0 spiro atoms. The van der Waals surface area contributed by atoms with Gasteiger partial charge in [-0.2, -0.15) is 0 Å². The standard InChI is InChI=1S/C12H17FN2O.ClH/c1-3-8(2)11(14)12(16)15-10-6-4-5-9(13)7-10;/h4-8,11H,3,14H2,1-2H3,(H,15,16);1H. The summed E-state index contributed by atoms with van der Waals surface area (Å²) in [7, 11) is 0. The molecule has 96 valence electrons. The number of halogens is 2. The summed E-state index contributed by atoms with van der Waals surface area (Å²) in [6.07, 6.45) is 0.831. The van der Waals surface area contributed by atoms with E-state index in [4.69, 9.17) is 5.73 Å². The number of nitrogens with one attached hydrogen (secondary N) is 1. The molecule has 3 nitrogen and oxygen atoms in total. The Morgan fingerprint density at radius 2 is 2.18 bits per heavy atom. The highest BCUT2D eigenvalue weighted by atomic mass is 35.5. The Bertz CT molecular complexity index is 373. The van der Waals surface area contributed by atoms with Crippen molar-refractivity contribution < 1.29 is 9.18 Å². The van der Waals surface area contributed by atoms with Gasteiger partial charge in [0, 0.05) is 5.69 Å². The fourth-order valence-corrected chi connectivity index (χ4v) is 1.30. The summed E-state index contributed by atoms with van der Waals surface area (Å²) in [6.45, 7) is 3.88. The zero-order chi connectivity index (χ0) is 12.1. The SMILES string of the molecule is CCC(C)C(N)C(=O)Nc1cccc(F)c1.Cl. The van der Waals surface area contributed by atoms with Crippen LogP contribution in [0.15, 0.2) is 24.3 Å². The maximum Gasteiger partial charge on any atom is 0.241 e. The molecule has 0 fully saturated rings. The van der Waals surface area contributed by atoms with Gasteiger partial charge < -0.3 is 11.1 Å². The summed E-state index contributed by atoms with van der Waals surface area (Å²) in [5.74, 6) is -0.552. The lowest BCUT2D eigenvalue weighted by molar-refractivity contribution is -0.118. The molecule has 3 N–H and O–H groups in total. The molecular formula is C12H18ClFN2O. The molecule has 0 bridgehead atoms. The number of nitrogens with two attached hydrogens (primary N) is 1. The Labute approximate surface area is 107 Å². The monoisotopic (exact) mass is 260 g/mol. The van der Waals surface area contributed by atoms with Crippen molar-refractivity contribution in [3.8, 4) is 0 Å². The largest absolute Gasteiger partial charge is 0.325 e. The van der Waals surface area contributed by atoms with Gasteiger partial charge in [0.15, 0.2) is 0 Å². The number of hydrogen-bond donors (Lipinski definition) is 2. The Morgan fingerprint density at radius 1 is 1.53 bits per heavy atom. The molecule has 2 atom stereocenters. The number of benzene rings is 1. The summed E-state index contributed by atoms with van der Waals surface area (Å²) >= 11 is 0. The smallest absolute Gasteiger partial charge is 0.241 e. The maximum atomic E-state index is 12.9. The van der Waals surface area contributed by atoms with Gasteiger partial charge in [-0.1, -0.05) is 26.3 Å². The maximum absolute atomic E-state index is 12.9. The average Bonchev–Trinajstić information content (AvgIpc) is 2.27. The van der Waals surface area contributed by atoms with Crippen LogP contribution in [0.3, 0.4) is 0 Å². The summed E-state index contributed by atoms with van der Waals surface area (Å²) in [5.41, 5.74) is 6.19. The van der Waals surface area contributed by atoms with E-state index in [2.05, 4.69) is 5.32 Å². The van der Waals surface area contributed by atoms with E-state index in [1.807, 2.05) is 13.8 Å². The van der Waals surface area contributed by atoms with Gasteiger partial charge in [0.05, 0.1) is 6.04 Å². The molecule has 0 heterocycles. The molecule has 1 amide bonds. The van der Waals surface area contributed by atoms with Gasteiger partial charge in [0.1, 0.15) is 5.82 Å². The van der Waals surface area contributed by atoms with Gasteiger partial charge in [0.2, 0.25) is 5.91 Å². The van der Waals surface area contributed by atoms with Crippen LogP contribution in [0.4, 0.5) is 10.1 Å². The Balaban J connectivity index is 0.00000256. The summed E-state index contributed by atoms with van der Waals surface area (Å²) < 4.78 is 12.9. The van der Waals surface area contributed by atoms with E-state index in [9.17, 15) is 9.18 Å². The van der Waals surface area contributed by atoms with Crippen LogP contribution in [0, 0.1) is 11.7 Å². The molecule has 0 aliphatic rings. The van der Waals surface area contributed by atoms with Crippen molar-refractivity contribution in [2.24, 2.45) is 11.7 Å². The van der Waals surface area contributed by atoms with Crippen molar-refractivity contribution in [3.63, 3.8) is 0 Å². The zero-order valence-electron chi connectivity index (χ0n) is 9.94. The third kappa shape index (κ3) is 4.71.